The van der Waals surface area contributed by atoms with Gasteiger partial charge in [-0.1, -0.05) is 6.07 Å². The van der Waals surface area contributed by atoms with Gasteiger partial charge in [-0.05, 0) is 30.3 Å². The number of carbonyl (C=O) groups is 1. The zero-order valence-electron chi connectivity index (χ0n) is 15.4. The Labute approximate surface area is 156 Å². The van der Waals surface area contributed by atoms with Crippen LogP contribution in [0.3, 0.4) is 0 Å². The lowest BCUT2D eigenvalue weighted by Gasteiger charge is -2.23. The van der Waals surface area contributed by atoms with E-state index in [0.29, 0.717) is 0 Å². The maximum atomic E-state index is 13.8. The molecule has 2 aromatic rings. The van der Waals surface area contributed by atoms with E-state index < -0.39 is 23.2 Å². The van der Waals surface area contributed by atoms with Crippen LogP contribution in [-0.2, 0) is 4.79 Å². The minimum absolute atomic E-state index is 0.0475. The number of carbonyl (C=O) groups excluding carboxylic acids is 1. The molecule has 1 unspecified atom stereocenters. The summed E-state index contributed by atoms with van der Waals surface area (Å²) >= 11 is 0. The summed E-state index contributed by atoms with van der Waals surface area (Å²) in [7, 11) is 3.20. The molecular formula is C20H23F2N2O3+. The summed E-state index contributed by atoms with van der Waals surface area (Å²) in [5.41, 5.74) is 0.561. The van der Waals surface area contributed by atoms with Gasteiger partial charge in [0.05, 0.1) is 26.3 Å². The lowest BCUT2D eigenvalue weighted by atomic mass is 10.0. The summed E-state index contributed by atoms with van der Waals surface area (Å²) in [4.78, 5) is 13.4. The Morgan fingerprint density at radius 1 is 1.19 bits per heavy atom. The quantitative estimate of drug-likeness (QED) is 0.813. The van der Waals surface area contributed by atoms with Crippen molar-refractivity contribution in [3.8, 4) is 11.5 Å². The fraction of sp³-hybridized carbons (Fsp3) is 0.350. The van der Waals surface area contributed by atoms with Gasteiger partial charge in [-0.15, -0.1) is 0 Å². The molecule has 1 aliphatic heterocycles. The third kappa shape index (κ3) is 4.19. The number of ether oxygens (including phenoxy) is 2. The van der Waals surface area contributed by atoms with Gasteiger partial charge >= 0.3 is 0 Å². The SMILES string of the molecule is COc1ccc(OC)c([C@@H]2CCC[NH+]2CC(=O)Nc2c(F)cccc2F)c1. The fourth-order valence-corrected chi connectivity index (χ4v) is 3.62. The van der Waals surface area contributed by atoms with Gasteiger partial charge in [-0.25, -0.2) is 8.78 Å². The number of quaternary nitrogens is 1. The molecule has 1 heterocycles. The summed E-state index contributed by atoms with van der Waals surface area (Å²) in [5.74, 6) is -0.546. The number of para-hydroxylation sites is 1. The lowest BCUT2D eigenvalue weighted by Crippen LogP contribution is -3.11. The van der Waals surface area contributed by atoms with Gasteiger partial charge in [0.15, 0.2) is 6.54 Å². The average molecular weight is 377 g/mol. The van der Waals surface area contributed by atoms with Crippen molar-refractivity contribution in [3.63, 3.8) is 0 Å². The van der Waals surface area contributed by atoms with Crippen molar-refractivity contribution in [1.82, 2.24) is 0 Å². The van der Waals surface area contributed by atoms with Crippen LogP contribution in [0.1, 0.15) is 24.4 Å². The molecular weight excluding hydrogens is 354 g/mol. The first-order valence-corrected chi connectivity index (χ1v) is 8.84. The summed E-state index contributed by atoms with van der Waals surface area (Å²) in [6.07, 6.45) is 1.84. The molecule has 0 radical (unpaired) electrons. The zero-order valence-corrected chi connectivity index (χ0v) is 15.4. The third-order valence-electron chi connectivity index (χ3n) is 4.91. The Hall–Kier alpha value is -2.67. The molecule has 1 aliphatic rings. The molecule has 5 nitrogen and oxygen atoms in total. The molecule has 1 amide bonds. The molecule has 0 spiro atoms. The Balaban J connectivity index is 1.76. The highest BCUT2D eigenvalue weighted by molar-refractivity contribution is 5.91. The number of methoxy groups -OCH3 is 2. The maximum absolute atomic E-state index is 13.8. The van der Waals surface area contributed by atoms with Crippen molar-refractivity contribution in [2.75, 3.05) is 32.6 Å². The zero-order chi connectivity index (χ0) is 19.4. The number of likely N-dealkylation sites (tertiary alicyclic amines) is 1. The van der Waals surface area contributed by atoms with Crippen LogP contribution in [-0.4, -0.2) is 33.2 Å². The first kappa shape index (κ1) is 19.1. The smallest absolute Gasteiger partial charge is 0.279 e. The van der Waals surface area contributed by atoms with Crippen LogP contribution in [0.5, 0.6) is 11.5 Å². The van der Waals surface area contributed by atoms with E-state index in [9.17, 15) is 13.6 Å². The molecule has 2 N–H and O–H groups in total. The van der Waals surface area contributed by atoms with Crippen LogP contribution in [0.4, 0.5) is 14.5 Å². The van der Waals surface area contributed by atoms with E-state index in [0.717, 1.165) is 53.5 Å². The molecule has 2 atom stereocenters. The number of nitrogens with one attached hydrogen (secondary N) is 2. The summed E-state index contributed by atoms with van der Waals surface area (Å²) in [6.45, 7) is 0.900. The number of hydrogen-bond donors (Lipinski definition) is 2. The second-order valence-corrected chi connectivity index (χ2v) is 6.53. The minimum Gasteiger partial charge on any atom is -0.497 e. The predicted octanol–water partition coefficient (Wildman–Crippen LogP) is 2.34. The highest BCUT2D eigenvalue weighted by atomic mass is 19.1. The molecule has 7 heteroatoms. The predicted molar refractivity (Wildman–Crippen MR) is 97.2 cm³/mol. The fourth-order valence-electron chi connectivity index (χ4n) is 3.62. The number of halogens is 2. The molecule has 3 rings (SSSR count). The maximum Gasteiger partial charge on any atom is 0.279 e. The normalized spacial score (nSPS) is 19.0. The first-order valence-electron chi connectivity index (χ1n) is 8.84. The Kier molecular flexibility index (Phi) is 5.91. The topological polar surface area (TPSA) is 52.0 Å². The molecule has 2 aromatic carbocycles. The number of amides is 1. The minimum atomic E-state index is -0.786. The van der Waals surface area contributed by atoms with Crippen LogP contribution < -0.4 is 19.7 Å². The summed E-state index contributed by atoms with van der Waals surface area (Å²) in [6, 6.07) is 9.13. The van der Waals surface area contributed by atoms with Crippen molar-refractivity contribution in [2.45, 2.75) is 18.9 Å². The molecule has 1 saturated heterocycles. The van der Waals surface area contributed by atoms with Gasteiger partial charge in [0.2, 0.25) is 0 Å². The molecule has 0 aliphatic carbocycles. The van der Waals surface area contributed by atoms with E-state index in [1.807, 2.05) is 18.2 Å². The van der Waals surface area contributed by atoms with E-state index in [4.69, 9.17) is 9.47 Å². The average Bonchev–Trinajstić information content (AvgIpc) is 3.12. The van der Waals surface area contributed by atoms with E-state index in [1.165, 1.54) is 6.07 Å². The molecule has 0 aromatic heterocycles. The highest BCUT2D eigenvalue weighted by Crippen LogP contribution is 2.31. The Bertz CT molecular complexity index is 809. The number of rotatable bonds is 6. The summed E-state index contributed by atoms with van der Waals surface area (Å²) < 4.78 is 38.3. The third-order valence-corrected chi connectivity index (χ3v) is 4.91. The number of hydrogen-bond acceptors (Lipinski definition) is 3. The van der Waals surface area contributed by atoms with Crippen molar-refractivity contribution in [2.24, 2.45) is 0 Å². The van der Waals surface area contributed by atoms with Crippen LogP contribution in [0.15, 0.2) is 36.4 Å². The monoisotopic (exact) mass is 377 g/mol. The van der Waals surface area contributed by atoms with E-state index in [2.05, 4.69) is 5.32 Å². The van der Waals surface area contributed by atoms with Gasteiger partial charge in [-0.2, -0.15) is 0 Å². The van der Waals surface area contributed by atoms with E-state index >= 15 is 0 Å². The second kappa shape index (κ2) is 8.35. The van der Waals surface area contributed by atoms with E-state index in [-0.39, 0.29) is 12.6 Å². The van der Waals surface area contributed by atoms with Crippen molar-refractivity contribution in [1.29, 1.82) is 0 Å². The molecule has 27 heavy (non-hydrogen) atoms. The van der Waals surface area contributed by atoms with Crippen LogP contribution >= 0.6 is 0 Å². The van der Waals surface area contributed by atoms with Crippen molar-refractivity contribution >= 4 is 11.6 Å². The Morgan fingerprint density at radius 3 is 2.59 bits per heavy atom. The van der Waals surface area contributed by atoms with Crippen LogP contribution in [0, 0.1) is 11.6 Å². The second-order valence-electron chi connectivity index (χ2n) is 6.53. The molecule has 0 saturated carbocycles. The van der Waals surface area contributed by atoms with Gasteiger partial charge in [0.25, 0.3) is 5.91 Å². The lowest BCUT2D eigenvalue weighted by molar-refractivity contribution is -0.910. The van der Waals surface area contributed by atoms with Crippen LogP contribution in [0.2, 0.25) is 0 Å². The van der Waals surface area contributed by atoms with Gasteiger partial charge in [0, 0.05) is 12.8 Å². The van der Waals surface area contributed by atoms with Gasteiger partial charge in [0.1, 0.15) is 34.9 Å². The van der Waals surface area contributed by atoms with Crippen molar-refractivity contribution < 1.29 is 27.9 Å². The number of anilines is 1. The number of benzene rings is 2. The first-order chi connectivity index (χ1) is 13.0. The van der Waals surface area contributed by atoms with E-state index in [1.54, 1.807) is 14.2 Å². The van der Waals surface area contributed by atoms with Gasteiger partial charge < -0.3 is 19.7 Å². The highest BCUT2D eigenvalue weighted by Gasteiger charge is 2.34. The molecule has 144 valence electrons. The van der Waals surface area contributed by atoms with Crippen molar-refractivity contribution in [3.05, 3.63) is 53.6 Å². The largest absolute Gasteiger partial charge is 0.497 e. The standard InChI is InChI=1S/C20H22F2N2O3/c1-26-13-8-9-18(27-2)14(11-13)17-7-4-10-24(17)12-19(25)23-20-15(21)5-3-6-16(20)22/h3,5-6,8-9,11,17H,4,7,10,12H2,1-2H3,(H,23,25)/p+1/t17-/m0/s1. The van der Waals surface area contributed by atoms with Gasteiger partial charge in [-0.3, -0.25) is 4.79 Å². The molecule has 1 fully saturated rings. The summed E-state index contributed by atoms with van der Waals surface area (Å²) in [5, 5.41) is 2.36. The molecule has 0 bridgehead atoms. The van der Waals surface area contributed by atoms with Crippen LogP contribution in [0.25, 0.3) is 0 Å². The Morgan fingerprint density at radius 2 is 1.93 bits per heavy atom.